The molecule has 4 aliphatic carbocycles. The van der Waals surface area contributed by atoms with Crippen LogP contribution in [-0.2, 0) is 19.1 Å². The molecular formula is C19H26O4. The second-order valence-electron chi connectivity index (χ2n) is 9.38. The molecule has 0 aromatic carbocycles. The summed E-state index contributed by atoms with van der Waals surface area (Å²) < 4.78 is 11.7. The van der Waals surface area contributed by atoms with Gasteiger partial charge in [0.25, 0.3) is 0 Å². The first kappa shape index (κ1) is 15.2. The second-order valence-corrected chi connectivity index (χ2v) is 9.38. The van der Waals surface area contributed by atoms with E-state index in [0.29, 0.717) is 23.8 Å². The third-order valence-corrected chi connectivity index (χ3v) is 6.81. The summed E-state index contributed by atoms with van der Waals surface area (Å²) in [7, 11) is 0. The average molecular weight is 318 g/mol. The molecule has 23 heavy (non-hydrogen) atoms. The van der Waals surface area contributed by atoms with Crippen LogP contribution in [0.3, 0.4) is 0 Å². The normalized spacial score (nSPS) is 45.6. The molecule has 4 fully saturated rings. The molecule has 4 aliphatic rings. The van der Waals surface area contributed by atoms with Crippen molar-refractivity contribution in [2.24, 2.45) is 22.7 Å². The lowest BCUT2D eigenvalue weighted by atomic mass is 9.36. The van der Waals surface area contributed by atoms with E-state index in [-0.39, 0.29) is 17.4 Å². The zero-order valence-corrected chi connectivity index (χ0v) is 14.5. The Hall–Kier alpha value is -1.32. The van der Waals surface area contributed by atoms with Gasteiger partial charge in [-0.3, -0.25) is 4.79 Å². The molecule has 0 amide bonds. The van der Waals surface area contributed by atoms with E-state index in [1.807, 2.05) is 20.8 Å². The van der Waals surface area contributed by atoms with Gasteiger partial charge >= 0.3 is 11.9 Å². The maximum atomic E-state index is 12.9. The van der Waals surface area contributed by atoms with Gasteiger partial charge in [0.05, 0.1) is 5.41 Å². The van der Waals surface area contributed by atoms with Gasteiger partial charge in [-0.05, 0) is 65.2 Å². The fourth-order valence-electron chi connectivity index (χ4n) is 6.19. The summed E-state index contributed by atoms with van der Waals surface area (Å²) in [5.41, 5.74) is -0.878. The molecule has 4 saturated carbocycles. The Morgan fingerprint density at radius 1 is 1.13 bits per heavy atom. The number of rotatable bonds is 3. The number of fused-ring (bicyclic) bond motifs is 1. The van der Waals surface area contributed by atoms with Crippen LogP contribution in [0.25, 0.3) is 0 Å². The predicted molar refractivity (Wildman–Crippen MR) is 84.4 cm³/mol. The van der Waals surface area contributed by atoms with Gasteiger partial charge < -0.3 is 9.47 Å². The molecule has 1 spiro atoms. The standard InChI is InChI=1S/C19H26O4/c1-11(2)14(20)22-18-8-13-6-12-7-17(9-18,10-19(12,13)18)15(21)23-16(3,4)5/h12-13H,1,6-10H2,2-5H3/t12?,13?,17-,18?,19?/m0/s1. The molecular weight excluding hydrogens is 292 g/mol. The Morgan fingerprint density at radius 2 is 1.78 bits per heavy atom. The SMILES string of the molecule is C=C(C)C(=O)OC12CC3CC4C[C@](C(=O)OC(C)(C)C)(C1)CC342. The molecule has 0 saturated heterocycles. The van der Waals surface area contributed by atoms with Crippen LogP contribution in [0.2, 0.25) is 0 Å². The maximum absolute atomic E-state index is 12.9. The van der Waals surface area contributed by atoms with Crippen molar-refractivity contribution in [1.29, 1.82) is 0 Å². The Morgan fingerprint density at radius 3 is 2.35 bits per heavy atom. The number of ether oxygens (including phenoxy) is 2. The van der Waals surface area contributed by atoms with Crippen molar-refractivity contribution < 1.29 is 19.1 Å². The quantitative estimate of drug-likeness (QED) is 0.591. The third-order valence-electron chi connectivity index (χ3n) is 6.81. The number of esters is 2. The highest BCUT2D eigenvalue weighted by Crippen LogP contribution is 2.87. The van der Waals surface area contributed by atoms with Crippen LogP contribution in [-0.4, -0.2) is 23.1 Å². The minimum atomic E-state index is -0.478. The average Bonchev–Trinajstić information content (AvgIpc) is 2.81. The summed E-state index contributed by atoms with van der Waals surface area (Å²) in [5, 5.41) is 0. The summed E-state index contributed by atoms with van der Waals surface area (Å²) in [6.45, 7) is 11.1. The smallest absolute Gasteiger partial charge is 0.333 e. The van der Waals surface area contributed by atoms with E-state index in [1.54, 1.807) is 6.92 Å². The fourth-order valence-corrected chi connectivity index (χ4v) is 6.19. The molecule has 0 aromatic rings. The molecule has 0 aromatic heterocycles. The molecule has 4 unspecified atom stereocenters. The van der Waals surface area contributed by atoms with E-state index in [1.165, 1.54) is 6.42 Å². The lowest BCUT2D eigenvalue weighted by Crippen LogP contribution is -2.72. The van der Waals surface area contributed by atoms with Gasteiger partial charge in [-0.1, -0.05) is 6.58 Å². The zero-order chi connectivity index (χ0) is 16.8. The van der Waals surface area contributed by atoms with Gasteiger partial charge in [-0.15, -0.1) is 0 Å². The lowest BCUT2D eigenvalue weighted by Gasteiger charge is -2.71. The van der Waals surface area contributed by atoms with Crippen molar-refractivity contribution in [2.75, 3.05) is 0 Å². The Bertz CT molecular complexity index is 630. The van der Waals surface area contributed by atoms with Crippen LogP contribution in [0.15, 0.2) is 12.2 Å². The molecule has 0 heterocycles. The minimum absolute atomic E-state index is 0.0506. The summed E-state index contributed by atoms with van der Waals surface area (Å²) in [6, 6.07) is 0. The molecule has 4 nitrogen and oxygen atoms in total. The first-order valence-electron chi connectivity index (χ1n) is 8.66. The third kappa shape index (κ3) is 1.67. The van der Waals surface area contributed by atoms with Crippen LogP contribution in [0.1, 0.15) is 59.8 Å². The van der Waals surface area contributed by atoms with E-state index < -0.39 is 16.6 Å². The fraction of sp³-hybridized carbons (Fsp3) is 0.789. The van der Waals surface area contributed by atoms with E-state index in [4.69, 9.17) is 9.47 Å². The first-order chi connectivity index (χ1) is 10.5. The van der Waals surface area contributed by atoms with Gasteiger partial charge in [0.2, 0.25) is 0 Å². The van der Waals surface area contributed by atoms with Crippen molar-refractivity contribution in [3.8, 4) is 0 Å². The highest BCUT2D eigenvalue weighted by atomic mass is 16.6. The number of hydrogen-bond acceptors (Lipinski definition) is 4. The monoisotopic (exact) mass is 318 g/mol. The zero-order valence-electron chi connectivity index (χ0n) is 14.5. The van der Waals surface area contributed by atoms with Gasteiger partial charge in [0, 0.05) is 17.4 Å². The van der Waals surface area contributed by atoms with Crippen LogP contribution >= 0.6 is 0 Å². The van der Waals surface area contributed by atoms with E-state index in [9.17, 15) is 9.59 Å². The van der Waals surface area contributed by atoms with Crippen molar-refractivity contribution in [3.63, 3.8) is 0 Å². The van der Waals surface area contributed by atoms with E-state index in [0.717, 1.165) is 19.3 Å². The molecule has 0 aliphatic heterocycles. The van der Waals surface area contributed by atoms with Crippen LogP contribution in [0, 0.1) is 22.7 Å². The largest absolute Gasteiger partial charge is 0.460 e. The van der Waals surface area contributed by atoms with Crippen molar-refractivity contribution >= 4 is 11.9 Å². The van der Waals surface area contributed by atoms with Gasteiger partial charge in [-0.25, -0.2) is 4.79 Å². The predicted octanol–water partition coefficient (Wildman–Crippen LogP) is 3.40. The summed E-state index contributed by atoms with van der Waals surface area (Å²) in [6.07, 6.45) is 4.48. The van der Waals surface area contributed by atoms with Crippen molar-refractivity contribution in [3.05, 3.63) is 12.2 Å². The molecule has 4 rings (SSSR count). The topological polar surface area (TPSA) is 52.6 Å². The van der Waals surface area contributed by atoms with Gasteiger partial charge in [0.15, 0.2) is 0 Å². The van der Waals surface area contributed by atoms with E-state index >= 15 is 0 Å². The number of hydrogen-bond donors (Lipinski definition) is 0. The number of carbonyl (C=O) groups excluding carboxylic acids is 2. The Balaban J connectivity index is 1.63. The highest BCUT2D eigenvalue weighted by Gasteiger charge is 2.87. The lowest BCUT2D eigenvalue weighted by molar-refractivity contribution is -0.293. The van der Waals surface area contributed by atoms with Gasteiger partial charge in [-0.2, -0.15) is 0 Å². The summed E-state index contributed by atoms with van der Waals surface area (Å²) in [5.74, 6) is 0.737. The number of carbonyl (C=O) groups is 2. The minimum Gasteiger partial charge on any atom is -0.460 e. The maximum Gasteiger partial charge on any atom is 0.333 e. The van der Waals surface area contributed by atoms with Crippen LogP contribution < -0.4 is 0 Å². The van der Waals surface area contributed by atoms with Crippen molar-refractivity contribution in [2.45, 2.75) is 71.0 Å². The molecule has 2 bridgehead atoms. The highest BCUT2D eigenvalue weighted by molar-refractivity contribution is 5.88. The molecule has 4 heteroatoms. The summed E-state index contributed by atoms with van der Waals surface area (Å²) >= 11 is 0. The molecule has 126 valence electrons. The Labute approximate surface area is 137 Å². The van der Waals surface area contributed by atoms with E-state index in [2.05, 4.69) is 6.58 Å². The summed E-state index contributed by atoms with van der Waals surface area (Å²) in [4.78, 5) is 25.0. The van der Waals surface area contributed by atoms with Crippen molar-refractivity contribution in [1.82, 2.24) is 0 Å². The van der Waals surface area contributed by atoms with Crippen LogP contribution in [0.4, 0.5) is 0 Å². The molecule has 0 N–H and O–H groups in total. The Kier molecular flexibility index (Phi) is 2.66. The van der Waals surface area contributed by atoms with Crippen LogP contribution in [0.5, 0.6) is 0 Å². The molecule has 0 radical (unpaired) electrons. The molecule has 5 atom stereocenters. The van der Waals surface area contributed by atoms with Gasteiger partial charge in [0.1, 0.15) is 11.2 Å². The first-order valence-corrected chi connectivity index (χ1v) is 8.66. The second kappa shape index (κ2) is 4.01.